The summed E-state index contributed by atoms with van der Waals surface area (Å²) in [6.45, 7) is 6.56. The number of nitrogens with zero attached hydrogens (tertiary/aromatic N) is 4. The van der Waals surface area contributed by atoms with Gasteiger partial charge in [0.2, 0.25) is 5.91 Å². The molecule has 1 aromatic carbocycles. The number of piperazine rings is 1. The van der Waals surface area contributed by atoms with E-state index in [1.807, 2.05) is 18.0 Å². The van der Waals surface area contributed by atoms with Crippen molar-refractivity contribution in [2.45, 2.75) is 19.8 Å². The SMILES string of the molecule is COc1cc2c(cc1N1CCN(C(=O)C3CCOCC3)CC1)c1ccnc(C)c1n2C. The third-order valence-corrected chi connectivity index (χ3v) is 6.89. The van der Waals surface area contributed by atoms with E-state index in [2.05, 4.69) is 39.7 Å². The molecule has 1 amide bonds. The van der Waals surface area contributed by atoms with Crippen LogP contribution in [0.2, 0.25) is 0 Å². The molecular weight excluding hydrogens is 392 g/mol. The molecule has 0 spiro atoms. The van der Waals surface area contributed by atoms with Crippen molar-refractivity contribution in [2.75, 3.05) is 51.4 Å². The number of carbonyl (C=O) groups is 1. The largest absolute Gasteiger partial charge is 0.495 e. The van der Waals surface area contributed by atoms with Crippen LogP contribution in [0, 0.1) is 12.8 Å². The molecule has 0 bridgehead atoms. The van der Waals surface area contributed by atoms with Gasteiger partial charge in [0, 0.05) is 75.4 Å². The topological polar surface area (TPSA) is 59.8 Å². The van der Waals surface area contributed by atoms with Crippen LogP contribution in [0.1, 0.15) is 18.5 Å². The normalized spacial score (nSPS) is 18.2. The summed E-state index contributed by atoms with van der Waals surface area (Å²) in [5, 5.41) is 2.42. The summed E-state index contributed by atoms with van der Waals surface area (Å²) < 4.78 is 13.4. The zero-order chi connectivity index (χ0) is 21.5. The van der Waals surface area contributed by atoms with Gasteiger partial charge >= 0.3 is 0 Å². The Morgan fingerprint density at radius 3 is 2.58 bits per heavy atom. The first-order valence-electron chi connectivity index (χ1n) is 11.1. The summed E-state index contributed by atoms with van der Waals surface area (Å²) in [6, 6.07) is 6.46. The average Bonchev–Trinajstić information content (AvgIpc) is 3.10. The predicted molar refractivity (Wildman–Crippen MR) is 122 cm³/mol. The number of methoxy groups -OCH3 is 1. The van der Waals surface area contributed by atoms with Crippen molar-refractivity contribution in [3.05, 3.63) is 30.1 Å². The standard InChI is InChI=1S/C24H30N4O3/c1-16-23-18(4-7-25-16)19-14-21(22(30-3)15-20(19)26(23)2)27-8-10-28(11-9-27)24(29)17-5-12-31-13-6-17/h4,7,14-15,17H,5-6,8-13H2,1-3H3. The second kappa shape index (κ2) is 8.04. The molecule has 7 nitrogen and oxygen atoms in total. The van der Waals surface area contributed by atoms with E-state index in [0.29, 0.717) is 19.1 Å². The molecule has 0 radical (unpaired) electrons. The first kappa shape index (κ1) is 20.1. The summed E-state index contributed by atoms with van der Waals surface area (Å²) in [6.07, 6.45) is 3.57. The van der Waals surface area contributed by atoms with Crippen LogP contribution in [0.15, 0.2) is 24.4 Å². The van der Waals surface area contributed by atoms with E-state index in [1.165, 1.54) is 10.8 Å². The summed E-state index contributed by atoms with van der Waals surface area (Å²) in [7, 11) is 3.81. The Labute approximate surface area is 182 Å². The quantitative estimate of drug-likeness (QED) is 0.649. The minimum atomic E-state index is 0.124. The molecule has 2 aliphatic rings. The van der Waals surface area contributed by atoms with Crippen molar-refractivity contribution >= 4 is 33.4 Å². The van der Waals surface area contributed by atoms with Gasteiger partial charge in [-0.3, -0.25) is 9.78 Å². The first-order chi connectivity index (χ1) is 15.1. The third kappa shape index (κ3) is 3.41. The van der Waals surface area contributed by atoms with Gasteiger partial charge in [-0.1, -0.05) is 0 Å². The number of aryl methyl sites for hydroxylation is 2. The van der Waals surface area contributed by atoms with Gasteiger partial charge in [0.25, 0.3) is 0 Å². The molecule has 0 aliphatic carbocycles. The Morgan fingerprint density at radius 1 is 1.13 bits per heavy atom. The van der Waals surface area contributed by atoms with E-state index in [-0.39, 0.29) is 5.92 Å². The van der Waals surface area contributed by atoms with Crippen LogP contribution in [-0.2, 0) is 16.6 Å². The number of amides is 1. The van der Waals surface area contributed by atoms with E-state index in [0.717, 1.165) is 67.2 Å². The fraction of sp³-hybridized carbons (Fsp3) is 0.500. The third-order valence-electron chi connectivity index (χ3n) is 6.89. The number of ether oxygens (including phenoxy) is 2. The highest BCUT2D eigenvalue weighted by atomic mass is 16.5. The molecule has 2 aliphatic heterocycles. The molecule has 2 aromatic heterocycles. The zero-order valence-electron chi connectivity index (χ0n) is 18.6. The van der Waals surface area contributed by atoms with Crippen molar-refractivity contribution in [3.63, 3.8) is 0 Å². The Bertz CT molecular complexity index is 1120. The van der Waals surface area contributed by atoms with Crippen molar-refractivity contribution in [1.29, 1.82) is 0 Å². The molecule has 2 fully saturated rings. The number of fused-ring (bicyclic) bond motifs is 3. The molecule has 5 rings (SSSR count). The van der Waals surface area contributed by atoms with Crippen LogP contribution in [0.5, 0.6) is 5.75 Å². The van der Waals surface area contributed by atoms with E-state index in [9.17, 15) is 4.79 Å². The number of anilines is 1. The van der Waals surface area contributed by atoms with Crippen molar-refractivity contribution in [2.24, 2.45) is 13.0 Å². The number of benzene rings is 1. The fourth-order valence-electron chi connectivity index (χ4n) is 5.15. The molecule has 7 heteroatoms. The fourth-order valence-corrected chi connectivity index (χ4v) is 5.15. The minimum Gasteiger partial charge on any atom is -0.495 e. The van der Waals surface area contributed by atoms with Crippen LogP contribution in [0.25, 0.3) is 21.8 Å². The molecule has 0 atom stereocenters. The minimum absolute atomic E-state index is 0.124. The van der Waals surface area contributed by atoms with Crippen LogP contribution < -0.4 is 9.64 Å². The van der Waals surface area contributed by atoms with Crippen LogP contribution in [0.3, 0.4) is 0 Å². The Kier molecular flexibility index (Phi) is 5.22. The molecule has 164 valence electrons. The lowest BCUT2D eigenvalue weighted by molar-refractivity contribution is -0.138. The molecule has 2 saturated heterocycles. The second-order valence-corrected chi connectivity index (χ2v) is 8.59. The molecule has 31 heavy (non-hydrogen) atoms. The highest BCUT2D eigenvalue weighted by Crippen LogP contribution is 2.38. The van der Waals surface area contributed by atoms with Gasteiger partial charge in [-0.05, 0) is 31.9 Å². The molecule has 0 unspecified atom stereocenters. The Hall–Kier alpha value is -2.80. The zero-order valence-corrected chi connectivity index (χ0v) is 18.6. The highest BCUT2D eigenvalue weighted by molar-refractivity contribution is 6.10. The summed E-state index contributed by atoms with van der Waals surface area (Å²) in [5.41, 5.74) is 4.41. The van der Waals surface area contributed by atoms with Crippen LogP contribution in [-0.4, -0.2) is 66.9 Å². The van der Waals surface area contributed by atoms with Crippen LogP contribution >= 0.6 is 0 Å². The van der Waals surface area contributed by atoms with Gasteiger partial charge in [0.05, 0.1) is 29.5 Å². The molecule has 0 saturated carbocycles. The number of hydrogen-bond acceptors (Lipinski definition) is 5. The summed E-state index contributed by atoms with van der Waals surface area (Å²) in [5.74, 6) is 1.29. The lowest BCUT2D eigenvalue weighted by Gasteiger charge is -2.38. The van der Waals surface area contributed by atoms with Gasteiger partial charge < -0.3 is 23.8 Å². The second-order valence-electron chi connectivity index (χ2n) is 8.59. The number of hydrogen-bond donors (Lipinski definition) is 0. The maximum absolute atomic E-state index is 12.9. The number of aromatic nitrogens is 2. The van der Waals surface area contributed by atoms with Gasteiger partial charge in [-0.2, -0.15) is 0 Å². The van der Waals surface area contributed by atoms with Crippen LogP contribution in [0.4, 0.5) is 5.69 Å². The summed E-state index contributed by atoms with van der Waals surface area (Å²) >= 11 is 0. The van der Waals surface area contributed by atoms with E-state index in [1.54, 1.807) is 7.11 Å². The smallest absolute Gasteiger partial charge is 0.225 e. The average molecular weight is 423 g/mol. The lowest BCUT2D eigenvalue weighted by Crippen LogP contribution is -2.51. The lowest BCUT2D eigenvalue weighted by atomic mass is 9.98. The summed E-state index contributed by atoms with van der Waals surface area (Å²) in [4.78, 5) is 21.7. The molecule has 3 aromatic rings. The number of pyridine rings is 1. The highest BCUT2D eigenvalue weighted by Gasteiger charge is 2.29. The molecular formula is C24H30N4O3. The van der Waals surface area contributed by atoms with Crippen molar-refractivity contribution < 1.29 is 14.3 Å². The van der Waals surface area contributed by atoms with Crippen molar-refractivity contribution in [3.8, 4) is 5.75 Å². The number of rotatable bonds is 3. The first-order valence-corrected chi connectivity index (χ1v) is 11.1. The van der Waals surface area contributed by atoms with E-state index >= 15 is 0 Å². The maximum atomic E-state index is 12.9. The van der Waals surface area contributed by atoms with Gasteiger partial charge in [-0.15, -0.1) is 0 Å². The molecule has 4 heterocycles. The van der Waals surface area contributed by atoms with E-state index in [4.69, 9.17) is 9.47 Å². The Morgan fingerprint density at radius 2 is 1.87 bits per heavy atom. The predicted octanol–water partition coefficient (Wildman–Crippen LogP) is 3.12. The maximum Gasteiger partial charge on any atom is 0.225 e. The monoisotopic (exact) mass is 422 g/mol. The number of carbonyl (C=O) groups excluding carboxylic acids is 1. The van der Waals surface area contributed by atoms with E-state index < -0.39 is 0 Å². The Balaban J connectivity index is 1.43. The molecule has 0 N–H and O–H groups in total. The van der Waals surface area contributed by atoms with Gasteiger partial charge in [-0.25, -0.2) is 0 Å². The van der Waals surface area contributed by atoms with Gasteiger partial charge in [0.1, 0.15) is 5.75 Å². The van der Waals surface area contributed by atoms with Crippen molar-refractivity contribution in [1.82, 2.24) is 14.5 Å². The van der Waals surface area contributed by atoms with Gasteiger partial charge in [0.15, 0.2) is 0 Å².